The highest BCUT2D eigenvalue weighted by atomic mass is 35.5. The van der Waals surface area contributed by atoms with Gasteiger partial charge in [0.25, 0.3) is 5.91 Å². The molecule has 0 aromatic carbocycles. The summed E-state index contributed by atoms with van der Waals surface area (Å²) in [5.41, 5.74) is 6.79. The average molecular weight is 325 g/mol. The zero-order valence-corrected chi connectivity index (χ0v) is 13.1. The van der Waals surface area contributed by atoms with Crippen molar-refractivity contribution in [2.45, 2.75) is 6.54 Å². The molecule has 3 N–H and O–H groups in total. The second-order valence-corrected chi connectivity index (χ2v) is 6.92. The third-order valence-corrected chi connectivity index (χ3v) is 4.82. The number of aromatic nitrogens is 1. The lowest BCUT2D eigenvalue weighted by Crippen LogP contribution is -2.48. The van der Waals surface area contributed by atoms with Crippen molar-refractivity contribution in [3.05, 3.63) is 39.3 Å². The number of nitrogens with zero attached hydrogens (tertiary/aromatic N) is 2. The molecule has 0 aliphatic carbocycles. The first kappa shape index (κ1) is 14.4. The van der Waals surface area contributed by atoms with Gasteiger partial charge in [0.1, 0.15) is 5.69 Å². The molecule has 1 aliphatic rings. The Labute approximate surface area is 132 Å². The molecule has 0 unspecified atom stereocenters. The van der Waals surface area contributed by atoms with E-state index < -0.39 is 0 Å². The van der Waals surface area contributed by atoms with Crippen LogP contribution < -0.4 is 5.73 Å². The summed E-state index contributed by atoms with van der Waals surface area (Å²) in [5.74, 6) is 0.0190. The molecule has 2 aromatic rings. The van der Waals surface area contributed by atoms with Crippen molar-refractivity contribution >= 4 is 34.5 Å². The van der Waals surface area contributed by atoms with Gasteiger partial charge >= 0.3 is 0 Å². The van der Waals surface area contributed by atoms with Crippen LogP contribution in [0.2, 0.25) is 4.34 Å². The van der Waals surface area contributed by atoms with E-state index in [0.29, 0.717) is 11.4 Å². The normalized spacial score (nSPS) is 16.3. The second-order valence-electron chi connectivity index (χ2n) is 5.12. The first-order valence-corrected chi connectivity index (χ1v) is 8.01. The van der Waals surface area contributed by atoms with Gasteiger partial charge in [-0.3, -0.25) is 9.69 Å². The van der Waals surface area contributed by atoms with Crippen molar-refractivity contribution in [1.29, 1.82) is 0 Å². The second kappa shape index (κ2) is 6.09. The Morgan fingerprint density at radius 2 is 2.10 bits per heavy atom. The molecule has 1 fully saturated rings. The molecule has 0 saturated carbocycles. The Bertz CT molecular complexity index is 630. The van der Waals surface area contributed by atoms with Gasteiger partial charge in [0.15, 0.2) is 0 Å². The van der Waals surface area contributed by atoms with Gasteiger partial charge in [-0.15, -0.1) is 11.3 Å². The maximum atomic E-state index is 12.3. The van der Waals surface area contributed by atoms with Crippen LogP contribution in [-0.4, -0.2) is 46.9 Å². The summed E-state index contributed by atoms with van der Waals surface area (Å²) in [7, 11) is 0. The molecule has 0 spiro atoms. The number of anilines is 1. The number of halogens is 1. The zero-order chi connectivity index (χ0) is 14.8. The molecule has 1 amide bonds. The first-order chi connectivity index (χ1) is 10.1. The van der Waals surface area contributed by atoms with E-state index in [9.17, 15) is 4.79 Å². The number of amides is 1. The van der Waals surface area contributed by atoms with Crippen molar-refractivity contribution < 1.29 is 4.79 Å². The summed E-state index contributed by atoms with van der Waals surface area (Å²) in [5, 5.41) is 0. The third kappa shape index (κ3) is 3.40. The number of aromatic amines is 1. The van der Waals surface area contributed by atoms with Crippen molar-refractivity contribution in [2.75, 3.05) is 31.9 Å². The molecule has 1 saturated heterocycles. The summed E-state index contributed by atoms with van der Waals surface area (Å²) in [6.07, 6.45) is 1.64. The highest BCUT2D eigenvalue weighted by Gasteiger charge is 2.23. The smallest absolute Gasteiger partial charge is 0.270 e. The van der Waals surface area contributed by atoms with Gasteiger partial charge in [0, 0.05) is 49.5 Å². The highest BCUT2D eigenvalue weighted by Crippen LogP contribution is 2.23. The van der Waals surface area contributed by atoms with Gasteiger partial charge in [0.05, 0.1) is 4.34 Å². The number of H-pyrrole nitrogens is 1. The molecule has 0 bridgehead atoms. The Hall–Kier alpha value is -1.50. The predicted molar refractivity (Wildman–Crippen MR) is 85.7 cm³/mol. The molecule has 1 aliphatic heterocycles. The van der Waals surface area contributed by atoms with Gasteiger partial charge in [-0.1, -0.05) is 11.6 Å². The first-order valence-electron chi connectivity index (χ1n) is 6.81. The number of rotatable bonds is 3. The van der Waals surface area contributed by atoms with E-state index >= 15 is 0 Å². The van der Waals surface area contributed by atoms with Crippen LogP contribution >= 0.6 is 22.9 Å². The van der Waals surface area contributed by atoms with Crippen LogP contribution in [0.25, 0.3) is 0 Å². The summed E-state index contributed by atoms with van der Waals surface area (Å²) in [6.45, 7) is 4.11. The molecule has 3 rings (SSSR count). The lowest BCUT2D eigenvalue weighted by molar-refractivity contribution is 0.0624. The molecule has 0 atom stereocenters. The highest BCUT2D eigenvalue weighted by molar-refractivity contribution is 7.16. The van der Waals surface area contributed by atoms with Gasteiger partial charge in [-0.2, -0.15) is 0 Å². The van der Waals surface area contributed by atoms with Crippen molar-refractivity contribution in [3.63, 3.8) is 0 Å². The number of piperazine rings is 1. The van der Waals surface area contributed by atoms with Gasteiger partial charge in [0.2, 0.25) is 0 Å². The van der Waals surface area contributed by atoms with Crippen molar-refractivity contribution in [1.82, 2.24) is 14.8 Å². The fourth-order valence-electron chi connectivity index (χ4n) is 2.47. The number of thiophene rings is 1. The summed E-state index contributed by atoms with van der Waals surface area (Å²) in [6, 6.07) is 5.67. The molecule has 5 nitrogen and oxygen atoms in total. The van der Waals surface area contributed by atoms with Gasteiger partial charge in [-0.25, -0.2) is 0 Å². The van der Waals surface area contributed by atoms with Crippen LogP contribution in [0, 0.1) is 0 Å². The number of carbonyl (C=O) groups excluding carboxylic acids is 1. The average Bonchev–Trinajstić information content (AvgIpc) is 3.08. The van der Waals surface area contributed by atoms with E-state index in [2.05, 4.69) is 16.0 Å². The minimum Gasteiger partial charge on any atom is -0.397 e. The number of nitrogen functional groups attached to an aromatic ring is 1. The standard InChI is InChI=1S/C14H17ClN4OS/c15-13-2-1-11(21-13)9-18-3-5-19(6-4-18)14(20)12-7-10(16)8-17-12/h1-2,7-8,17H,3-6,9,16H2. The number of nitrogens with one attached hydrogen (secondary N) is 1. The van der Waals surface area contributed by atoms with E-state index in [-0.39, 0.29) is 5.91 Å². The van der Waals surface area contributed by atoms with E-state index in [0.717, 1.165) is 37.1 Å². The summed E-state index contributed by atoms with van der Waals surface area (Å²) >= 11 is 7.56. The minimum atomic E-state index is 0.0190. The lowest BCUT2D eigenvalue weighted by atomic mass is 10.2. The molecular weight excluding hydrogens is 308 g/mol. The van der Waals surface area contributed by atoms with Crippen molar-refractivity contribution in [2.24, 2.45) is 0 Å². The minimum absolute atomic E-state index is 0.0190. The monoisotopic (exact) mass is 324 g/mol. The molecule has 3 heterocycles. The van der Waals surface area contributed by atoms with Crippen LogP contribution in [0.1, 0.15) is 15.4 Å². The third-order valence-electron chi connectivity index (χ3n) is 3.60. The summed E-state index contributed by atoms with van der Waals surface area (Å²) in [4.78, 5) is 20.7. The maximum Gasteiger partial charge on any atom is 0.270 e. The lowest BCUT2D eigenvalue weighted by Gasteiger charge is -2.34. The van der Waals surface area contributed by atoms with E-state index in [4.69, 9.17) is 17.3 Å². The van der Waals surface area contributed by atoms with Crippen molar-refractivity contribution in [3.8, 4) is 0 Å². The Morgan fingerprint density at radius 3 is 2.67 bits per heavy atom. The fourth-order valence-corrected chi connectivity index (χ4v) is 3.60. The van der Waals surface area contributed by atoms with Crippen LogP contribution in [-0.2, 0) is 6.54 Å². The molecule has 2 aromatic heterocycles. The Kier molecular flexibility index (Phi) is 4.19. The van der Waals surface area contributed by atoms with Gasteiger partial charge in [-0.05, 0) is 18.2 Å². The van der Waals surface area contributed by atoms with Crippen LogP contribution in [0.4, 0.5) is 5.69 Å². The van der Waals surface area contributed by atoms with E-state index in [1.165, 1.54) is 4.88 Å². The number of hydrogen-bond donors (Lipinski definition) is 2. The Morgan fingerprint density at radius 1 is 1.33 bits per heavy atom. The van der Waals surface area contributed by atoms with Gasteiger partial charge < -0.3 is 15.6 Å². The SMILES string of the molecule is Nc1c[nH]c(C(=O)N2CCN(Cc3ccc(Cl)s3)CC2)c1. The van der Waals surface area contributed by atoms with E-state index in [1.54, 1.807) is 23.6 Å². The van der Waals surface area contributed by atoms with Crippen LogP contribution in [0.15, 0.2) is 24.4 Å². The molecule has 7 heteroatoms. The fraction of sp³-hybridized carbons (Fsp3) is 0.357. The molecule has 21 heavy (non-hydrogen) atoms. The zero-order valence-electron chi connectivity index (χ0n) is 11.5. The van der Waals surface area contributed by atoms with Crippen LogP contribution in [0.3, 0.4) is 0 Å². The summed E-state index contributed by atoms with van der Waals surface area (Å²) < 4.78 is 0.822. The quantitative estimate of drug-likeness (QED) is 0.910. The number of carbonyl (C=O) groups is 1. The molecular formula is C14H17ClN4OS. The molecule has 0 radical (unpaired) electrons. The number of nitrogens with two attached hydrogens (primary N) is 1. The largest absolute Gasteiger partial charge is 0.397 e. The Balaban J connectivity index is 1.54. The predicted octanol–water partition coefficient (Wildman–Crippen LogP) is 2.27. The maximum absolute atomic E-state index is 12.3. The molecule has 112 valence electrons. The van der Waals surface area contributed by atoms with E-state index in [1.807, 2.05) is 11.0 Å². The number of hydrogen-bond acceptors (Lipinski definition) is 4. The van der Waals surface area contributed by atoms with Crippen LogP contribution in [0.5, 0.6) is 0 Å². The topological polar surface area (TPSA) is 65.4 Å².